The van der Waals surface area contributed by atoms with Gasteiger partial charge in [-0.25, -0.2) is 4.68 Å². The summed E-state index contributed by atoms with van der Waals surface area (Å²) in [4.78, 5) is 12.3. The molecule has 22 heavy (non-hydrogen) atoms. The minimum absolute atomic E-state index is 0.322. The fourth-order valence-electron chi connectivity index (χ4n) is 2.02. The summed E-state index contributed by atoms with van der Waals surface area (Å²) in [5, 5.41) is 3.97. The zero-order chi connectivity index (χ0) is 16.2. The smallest absolute Gasteiger partial charge is 0.267 e. The number of aromatic nitrogens is 2. The standard InChI is InChI=1S/C15H14ClF3N2O/c16-8-1-2-10-21-14(22)13(7-9-20-21)11-3-5-12(6-4-11)15(17,18)19/h3-7,9H,1-2,8,10H2. The van der Waals surface area contributed by atoms with Gasteiger partial charge in [0, 0.05) is 18.6 Å². The van der Waals surface area contributed by atoms with E-state index < -0.39 is 11.7 Å². The maximum Gasteiger partial charge on any atom is 0.416 e. The molecule has 1 aromatic carbocycles. The predicted molar refractivity (Wildman–Crippen MR) is 78.9 cm³/mol. The molecule has 0 fully saturated rings. The minimum Gasteiger partial charge on any atom is -0.267 e. The molecule has 0 N–H and O–H groups in total. The molecule has 2 rings (SSSR count). The van der Waals surface area contributed by atoms with E-state index in [1.807, 2.05) is 0 Å². The summed E-state index contributed by atoms with van der Waals surface area (Å²) in [6.45, 7) is 0.431. The zero-order valence-corrected chi connectivity index (χ0v) is 12.4. The van der Waals surface area contributed by atoms with E-state index >= 15 is 0 Å². The Morgan fingerprint density at radius 2 is 1.77 bits per heavy atom. The highest BCUT2D eigenvalue weighted by atomic mass is 35.5. The van der Waals surface area contributed by atoms with E-state index in [2.05, 4.69) is 5.10 Å². The van der Waals surface area contributed by atoms with Crippen LogP contribution in [0.25, 0.3) is 11.1 Å². The molecule has 0 aliphatic rings. The maximum atomic E-state index is 12.6. The molecule has 2 aromatic rings. The van der Waals surface area contributed by atoms with Crippen LogP contribution in [0, 0.1) is 0 Å². The van der Waals surface area contributed by atoms with Crippen LogP contribution in [0.3, 0.4) is 0 Å². The lowest BCUT2D eigenvalue weighted by atomic mass is 10.1. The number of rotatable bonds is 5. The highest BCUT2D eigenvalue weighted by Crippen LogP contribution is 2.30. The van der Waals surface area contributed by atoms with Crippen molar-refractivity contribution in [3.63, 3.8) is 0 Å². The second-order valence-electron chi connectivity index (χ2n) is 4.74. The van der Waals surface area contributed by atoms with Crippen molar-refractivity contribution < 1.29 is 13.2 Å². The molecule has 0 saturated heterocycles. The largest absolute Gasteiger partial charge is 0.416 e. The average Bonchev–Trinajstić information content (AvgIpc) is 2.48. The molecule has 0 amide bonds. The van der Waals surface area contributed by atoms with Crippen LogP contribution in [0.15, 0.2) is 41.3 Å². The third-order valence-electron chi connectivity index (χ3n) is 3.19. The molecule has 7 heteroatoms. The van der Waals surface area contributed by atoms with Gasteiger partial charge in [-0.1, -0.05) is 12.1 Å². The lowest BCUT2D eigenvalue weighted by molar-refractivity contribution is -0.137. The van der Waals surface area contributed by atoms with Crippen LogP contribution in [-0.2, 0) is 12.7 Å². The fraction of sp³-hybridized carbons (Fsp3) is 0.333. The molecule has 0 atom stereocenters. The van der Waals surface area contributed by atoms with E-state index in [1.165, 1.54) is 29.1 Å². The topological polar surface area (TPSA) is 34.9 Å². The van der Waals surface area contributed by atoms with Crippen LogP contribution in [0.1, 0.15) is 18.4 Å². The Morgan fingerprint density at radius 3 is 2.36 bits per heavy atom. The number of hydrogen-bond acceptors (Lipinski definition) is 2. The second kappa shape index (κ2) is 6.96. The van der Waals surface area contributed by atoms with E-state index in [4.69, 9.17) is 11.6 Å². The average molecular weight is 331 g/mol. The summed E-state index contributed by atoms with van der Waals surface area (Å²) in [7, 11) is 0. The molecular formula is C15H14ClF3N2O. The first kappa shape index (κ1) is 16.5. The molecule has 0 unspecified atom stereocenters. The summed E-state index contributed by atoms with van der Waals surface area (Å²) in [6, 6.07) is 6.02. The van der Waals surface area contributed by atoms with E-state index in [9.17, 15) is 18.0 Å². The molecule has 0 aliphatic carbocycles. The van der Waals surface area contributed by atoms with Crippen molar-refractivity contribution in [1.29, 1.82) is 0 Å². The lowest BCUT2D eigenvalue weighted by Crippen LogP contribution is -2.24. The Labute approximate surface area is 130 Å². The first-order valence-electron chi connectivity index (χ1n) is 6.73. The van der Waals surface area contributed by atoms with Gasteiger partial charge < -0.3 is 0 Å². The van der Waals surface area contributed by atoms with Crippen LogP contribution in [-0.4, -0.2) is 15.7 Å². The molecule has 0 radical (unpaired) electrons. The summed E-state index contributed by atoms with van der Waals surface area (Å²) in [5.41, 5.74) is -0.300. The number of halogens is 4. The van der Waals surface area contributed by atoms with E-state index in [-0.39, 0.29) is 5.56 Å². The Hall–Kier alpha value is -1.82. The lowest BCUT2D eigenvalue weighted by Gasteiger charge is -2.09. The molecule has 0 saturated carbocycles. The normalized spacial score (nSPS) is 11.6. The van der Waals surface area contributed by atoms with E-state index in [0.717, 1.165) is 18.6 Å². The van der Waals surface area contributed by atoms with E-state index in [0.29, 0.717) is 30.0 Å². The van der Waals surface area contributed by atoms with Crippen molar-refractivity contribution in [2.45, 2.75) is 25.6 Å². The molecule has 0 spiro atoms. The number of alkyl halides is 4. The molecule has 3 nitrogen and oxygen atoms in total. The molecule has 0 bridgehead atoms. The van der Waals surface area contributed by atoms with Crippen LogP contribution in [0.5, 0.6) is 0 Å². The van der Waals surface area contributed by atoms with Crippen LogP contribution in [0.4, 0.5) is 13.2 Å². The van der Waals surface area contributed by atoms with Crippen molar-refractivity contribution in [3.8, 4) is 11.1 Å². The highest BCUT2D eigenvalue weighted by molar-refractivity contribution is 6.17. The fourth-order valence-corrected chi connectivity index (χ4v) is 2.21. The Morgan fingerprint density at radius 1 is 1.09 bits per heavy atom. The van der Waals surface area contributed by atoms with Gasteiger partial charge in [0.1, 0.15) is 0 Å². The summed E-state index contributed by atoms with van der Waals surface area (Å²) in [6.07, 6.45) is -1.44. The van der Waals surface area contributed by atoms with Gasteiger partial charge in [0.25, 0.3) is 5.56 Å². The summed E-state index contributed by atoms with van der Waals surface area (Å²) >= 11 is 5.59. The van der Waals surface area contributed by atoms with Gasteiger partial charge in [-0.2, -0.15) is 18.3 Å². The first-order chi connectivity index (χ1) is 10.4. The minimum atomic E-state index is -4.39. The molecule has 1 aromatic heterocycles. The Kier molecular flexibility index (Phi) is 5.24. The SMILES string of the molecule is O=c1c(-c2ccc(C(F)(F)F)cc2)ccnn1CCCCCl. The van der Waals surface area contributed by atoms with E-state index in [1.54, 1.807) is 0 Å². The zero-order valence-electron chi connectivity index (χ0n) is 11.6. The highest BCUT2D eigenvalue weighted by Gasteiger charge is 2.30. The molecular weight excluding hydrogens is 317 g/mol. The van der Waals surface area contributed by atoms with Gasteiger partial charge >= 0.3 is 6.18 Å². The molecule has 0 aliphatic heterocycles. The third-order valence-corrected chi connectivity index (χ3v) is 3.46. The number of hydrogen-bond donors (Lipinski definition) is 0. The van der Waals surface area contributed by atoms with Crippen molar-refractivity contribution in [2.75, 3.05) is 5.88 Å². The van der Waals surface area contributed by atoms with Crippen LogP contribution in [0.2, 0.25) is 0 Å². The van der Waals surface area contributed by atoms with Crippen molar-refractivity contribution >= 4 is 11.6 Å². The van der Waals surface area contributed by atoms with Gasteiger partial charge in [-0.3, -0.25) is 4.79 Å². The predicted octanol–water partition coefficient (Wildman–Crippen LogP) is 3.95. The Bertz CT molecular complexity index is 680. The van der Waals surface area contributed by atoms with Crippen LogP contribution < -0.4 is 5.56 Å². The van der Waals surface area contributed by atoms with Gasteiger partial charge in [-0.15, -0.1) is 11.6 Å². The monoisotopic (exact) mass is 330 g/mol. The quantitative estimate of drug-likeness (QED) is 0.614. The molecule has 118 valence electrons. The summed E-state index contributed by atoms with van der Waals surface area (Å²) < 4.78 is 39.0. The van der Waals surface area contributed by atoms with Gasteiger partial charge in [-0.05, 0) is 36.6 Å². The third kappa shape index (κ3) is 3.88. The van der Waals surface area contributed by atoms with Crippen molar-refractivity contribution in [2.24, 2.45) is 0 Å². The Balaban J connectivity index is 2.29. The second-order valence-corrected chi connectivity index (χ2v) is 5.12. The van der Waals surface area contributed by atoms with Gasteiger partial charge in [0.15, 0.2) is 0 Å². The van der Waals surface area contributed by atoms with Gasteiger partial charge in [0.05, 0.1) is 11.1 Å². The van der Waals surface area contributed by atoms with Crippen LogP contribution >= 0.6 is 11.6 Å². The van der Waals surface area contributed by atoms with Gasteiger partial charge in [0.2, 0.25) is 0 Å². The number of aryl methyl sites for hydroxylation is 1. The summed E-state index contributed by atoms with van der Waals surface area (Å²) in [5.74, 6) is 0.507. The number of benzene rings is 1. The first-order valence-corrected chi connectivity index (χ1v) is 7.26. The number of nitrogens with zero attached hydrogens (tertiary/aromatic N) is 2. The van der Waals surface area contributed by atoms with Crippen molar-refractivity contribution in [1.82, 2.24) is 9.78 Å². The van der Waals surface area contributed by atoms with Crippen molar-refractivity contribution in [3.05, 3.63) is 52.4 Å². The maximum absolute atomic E-state index is 12.6. The molecule has 1 heterocycles. The number of unbranched alkanes of at least 4 members (excludes halogenated alkanes) is 1.